The summed E-state index contributed by atoms with van der Waals surface area (Å²) in [7, 11) is -0.273. The van der Waals surface area contributed by atoms with E-state index in [4.69, 9.17) is 15.0 Å². The summed E-state index contributed by atoms with van der Waals surface area (Å²) in [6, 6.07) is 0. The highest BCUT2D eigenvalue weighted by atomic mass is 16.7. The van der Waals surface area contributed by atoms with E-state index in [0.29, 0.717) is 5.92 Å². The zero-order valence-corrected chi connectivity index (χ0v) is 10.8. The van der Waals surface area contributed by atoms with E-state index in [9.17, 15) is 0 Å². The summed E-state index contributed by atoms with van der Waals surface area (Å²) < 4.78 is 11.8. The van der Waals surface area contributed by atoms with Crippen molar-refractivity contribution in [1.82, 2.24) is 0 Å². The van der Waals surface area contributed by atoms with E-state index in [1.165, 1.54) is 0 Å². The van der Waals surface area contributed by atoms with E-state index in [1.54, 1.807) is 0 Å². The Labute approximate surface area is 93.8 Å². The minimum Gasteiger partial charge on any atom is -0.402 e. The minimum absolute atomic E-state index is 0.0453. The molecule has 1 fully saturated rings. The maximum absolute atomic E-state index is 6.13. The zero-order chi connectivity index (χ0) is 11.9. The monoisotopic (exact) mass is 213 g/mol. The molecule has 88 valence electrons. The Kier molecular flexibility index (Phi) is 3.54. The van der Waals surface area contributed by atoms with E-state index in [-0.39, 0.29) is 24.3 Å². The summed E-state index contributed by atoms with van der Waals surface area (Å²) in [5.74, 6) is 0.371. The first-order valence-electron chi connectivity index (χ1n) is 5.82. The van der Waals surface area contributed by atoms with Gasteiger partial charge in [0.05, 0.1) is 11.2 Å². The van der Waals surface area contributed by atoms with Crippen molar-refractivity contribution in [2.75, 3.05) is 0 Å². The van der Waals surface area contributed by atoms with Gasteiger partial charge in [0.1, 0.15) is 0 Å². The van der Waals surface area contributed by atoms with Crippen molar-refractivity contribution in [2.24, 2.45) is 11.7 Å². The lowest BCUT2D eigenvalue weighted by Crippen LogP contribution is -2.45. The Morgan fingerprint density at radius 1 is 1.13 bits per heavy atom. The maximum Gasteiger partial charge on any atom is 0.476 e. The van der Waals surface area contributed by atoms with Gasteiger partial charge in [0, 0.05) is 5.94 Å². The highest BCUT2D eigenvalue weighted by molar-refractivity contribution is 6.47. The summed E-state index contributed by atoms with van der Waals surface area (Å²) >= 11 is 0. The zero-order valence-electron chi connectivity index (χ0n) is 10.8. The van der Waals surface area contributed by atoms with Crippen LogP contribution in [0.25, 0.3) is 0 Å². The van der Waals surface area contributed by atoms with Crippen LogP contribution in [-0.2, 0) is 9.31 Å². The average Bonchev–Trinajstić information content (AvgIpc) is 2.33. The molecule has 1 aliphatic rings. The molecule has 1 saturated heterocycles. The number of hydrogen-bond acceptors (Lipinski definition) is 3. The van der Waals surface area contributed by atoms with Crippen LogP contribution in [-0.4, -0.2) is 24.3 Å². The molecule has 2 N–H and O–H groups in total. The Balaban J connectivity index is 2.70. The normalized spacial score (nSPS) is 27.8. The molecule has 2 atom stereocenters. The van der Waals surface area contributed by atoms with Crippen LogP contribution >= 0.6 is 0 Å². The van der Waals surface area contributed by atoms with Crippen LogP contribution in [0.15, 0.2) is 0 Å². The molecule has 1 unspecified atom stereocenters. The first kappa shape index (κ1) is 13.0. The number of rotatable bonds is 3. The van der Waals surface area contributed by atoms with E-state index >= 15 is 0 Å². The molecule has 1 rings (SSSR count). The van der Waals surface area contributed by atoms with Gasteiger partial charge in [0.15, 0.2) is 0 Å². The molecule has 0 spiro atoms. The summed E-state index contributed by atoms with van der Waals surface area (Å²) in [6.45, 7) is 12.5. The van der Waals surface area contributed by atoms with Gasteiger partial charge in [-0.15, -0.1) is 0 Å². The molecular weight excluding hydrogens is 189 g/mol. The van der Waals surface area contributed by atoms with E-state index < -0.39 is 0 Å². The summed E-state index contributed by atoms with van der Waals surface area (Å²) in [5.41, 5.74) is 5.58. The second-order valence-corrected chi connectivity index (χ2v) is 5.59. The molecule has 0 radical (unpaired) electrons. The number of nitrogens with two attached hydrogens (primary N) is 1. The van der Waals surface area contributed by atoms with Crippen molar-refractivity contribution in [3.63, 3.8) is 0 Å². The van der Waals surface area contributed by atoms with Crippen LogP contribution in [0, 0.1) is 5.92 Å². The molecule has 0 aromatic rings. The summed E-state index contributed by atoms with van der Waals surface area (Å²) in [5, 5.41) is 0. The first-order chi connectivity index (χ1) is 6.71. The molecule has 0 saturated carbocycles. The van der Waals surface area contributed by atoms with Crippen molar-refractivity contribution in [3.8, 4) is 0 Å². The smallest absolute Gasteiger partial charge is 0.402 e. The van der Waals surface area contributed by atoms with Gasteiger partial charge < -0.3 is 15.0 Å². The molecule has 4 heteroatoms. The third kappa shape index (κ3) is 2.37. The van der Waals surface area contributed by atoms with Crippen LogP contribution in [0.2, 0.25) is 0 Å². The Morgan fingerprint density at radius 3 is 1.87 bits per heavy atom. The predicted molar refractivity (Wildman–Crippen MR) is 63.5 cm³/mol. The fourth-order valence-electron chi connectivity index (χ4n) is 1.59. The third-order valence-corrected chi connectivity index (χ3v) is 3.89. The molecule has 3 nitrogen and oxygen atoms in total. The van der Waals surface area contributed by atoms with Gasteiger partial charge in [-0.1, -0.05) is 20.3 Å². The lowest BCUT2D eigenvalue weighted by molar-refractivity contribution is 0.00578. The molecule has 0 bridgehead atoms. The van der Waals surface area contributed by atoms with Crippen molar-refractivity contribution >= 4 is 7.12 Å². The standard InChI is InChI=1S/C11H24BNO2/c1-7-8(2)9(13)12-14-10(3,4)11(5,6)15-12/h8-9H,7,13H2,1-6H3/t8?,9-/m1/s1. The minimum atomic E-state index is -0.275. The average molecular weight is 213 g/mol. The van der Waals surface area contributed by atoms with Crippen LogP contribution in [0.4, 0.5) is 0 Å². The van der Waals surface area contributed by atoms with Gasteiger partial charge in [-0.25, -0.2) is 0 Å². The fraction of sp³-hybridized carbons (Fsp3) is 1.00. The van der Waals surface area contributed by atoms with Crippen molar-refractivity contribution in [2.45, 2.75) is 65.1 Å². The lowest BCUT2D eigenvalue weighted by atomic mass is 9.71. The predicted octanol–water partition coefficient (Wildman–Crippen LogP) is 1.99. The van der Waals surface area contributed by atoms with Crippen LogP contribution in [0.5, 0.6) is 0 Å². The van der Waals surface area contributed by atoms with Crippen LogP contribution in [0.3, 0.4) is 0 Å². The van der Waals surface area contributed by atoms with Gasteiger partial charge >= 0.3 is 7.12 Å². The van der Waals surface area contributed by atoms with E-state index in [2.05, 4.69) is 41.5 Å². The topological polar surface area (TPSA) is 44.5 Å². The third-order valence-electron chi connectivity index (χ3n) is 3.89. The maximum atomic E-state index is 6.13. The molecular formula is C11H24BNO2. The molecule has 0 aromatic heterocycles. The van der Waals surface area contributed by atoms with Gasteiger partial charge in [-0.2, -0.15) is 0 Å². The summed E-state index contributed by atoms with van der Waals surface area (Å²) in [4.78, 5) is 0. The van der Waals surface area contributed by atoms with Crippen molar-refractivity contribution < 1.29 is 9.31 Å². The molecule has 1 heterocycles. The quantitative estimate of drug-likeness (QED) is 0.729. The second kappa shape index (κ2) is 4.08. The van der Waals surface area contributed by atoms with Crippen LogP contribution < -0.4 is 5.73 Å². The largest absolute Gasteiger partial charge is 0.476 e. The van der Waals surface area contributed by atoms with Crippen LogP contribution in [0.1, 0.15) is 48.0 Å². The van der Waals surface area contributed by atoms with Gasteiger partial charge in [-0.3, -0.25) is 0 Å². The molecule has 0 amide bonds. The van der Waals surface area contributed by atoms with Gasteiger partial charge in [-0.05, 0) is 33.6 Å². The van der Waals surface area contributed by atoms with E-state index in [0.717, 1.165) is 6.42 Å². The second-order valence-electron chi connectivity index (χ2n) is 5.59. The Bertz CT molecular complexity index is 215. The SMILES string of the molecule is CCC(C)[C@@H](N)B1OC(C)(C)C(C)(C)O1. The first-order valence-corrected chi connectivity index (χ1v) is 5.82. The van der Waals surface area contributed by atoms with Gasteiger partial charge in [0.2, 0.25) is 0 Å². The number of hydrogen-bond donors (Lipinski definition) is 1. The highest BCUT2D eigenvalue weighted by Gasteiger charge is 2.53. The van der Waals surface area contributed by atoms with Crippen molar-refractivity contribution in [1.29, 1.82) is 0 Å². The lowest BCUT2D eigenvalue weighted by Gasteiger charge is -2.32. The van der Waals surface area contributed by atoms with Gasteiger partial charge in [0.25, 0.3) is 0 Å². The molecule has 1 aliphatic heterocycles. The Morgan fingerprint density at radius 2 is 1.53 bits per heavy atom. The fourth-order valence-corrected chi connectivity index (χ4v) is 1.59. The molecule has 15 heavy (non-hydrogen) atoms. The van der Waals surface area contributed by atoms with E-state index in [1.807, 2.05) is 0 Å². The van der Waals surface area contributed by atoms with Crippen molar-refractivity contribution in [3.05, 3.63) is 0 Å². The highest BCUT2D eigenvalue weighted by Crippen LogP contribution is 2.38. The molecule has 0 aliphatic carbocycles. The Hall–Kier alpha value is -0.0551. The molecule has 0 aromatic carbocycles. The summed E-state index contributed by atoms with van der Waals surface area (Å²) in [6.07, 6.45) is 1.05.